The molecule has 1 aromatic carbocycles. The molecule has 0 amide bonds. The molecule has 5 heteroatoms. The molecule has 1 unspecified atom stereocenters. The number of morpholine rings is 1. The minimum absolute atomic E-state index is 0.213. The van der Waals surface area contributed by atoms with Gasteiger partial charge in [-0.05, 0) is 12.1 Å². The lowest BCUT2D eigenvalue weighted by Gasteiger charge is -2.30. The number of ether oxygens (including phenoxy) is 3. The normalized spacial score (nSPS) is 19.0. The van der Waals surface area contributed by atoms with Crippen molar-refractivity contribution in [3.63, 3.8) is 0 Å². The van der Waals surface area contributed by atoms with E-state index in [4.69, 9.17) is 14.2 Å². The van der Waals surface area contributed by atoms with Crippen LogP contribution < -0.4 is 19.7 Å². The van der Waals surface area contributed by atoms with Crippen molar-refractivity contribution in [1.29, 1.82) is 0 Å². The van der Waals surface area contributed by atoms with Crippen molar-refractivity contribution in [2.75, 3.05) is 52.4 Å². The molecule has 0 aliphatic carbocycles. The largest absolute Gasteiger partial charge is 0.497 e. The number of anilines is 1. The lowest BCUT2D eigenvalue weighted by molar-refractivity contribution is 0.0340. The molecule has 5 nitrogen and oxygen atoms in total. The summed E-state index contributed by atoms with van der Waals surface area (Å²) in [6.07, 6.45) is 0.213. The number of methoxy groups -OCH3 is 2. The van der Waals surface area contributed by atoms with Gasteiger partial charge < -0.3 is 24.4 Å². The van der Waals surface area contributed by atoms with Crippen LogP contribution in [0.1, 0.15) is 0 Å². The van der Waals surface area contributed by atoms with Gasteiger partial charge in [0.2, 0.25) is 0 Å². The van der Waals surface area contributed by atoms with E-state index in [-0.39, 0.29) is 6.10 Å². The molecule has 1 aliphatic rings. The monoisotopic (exact) mass is 266 g/mol. The first-order valence-electron chi connectivity index (χ1n) is 6.50. The van der Waals surface area contributed by atoms with Crippen LogP contribution in [0.25, 0.3) is 0 Å². The first-order chi connectivity index (χ1) is 9.24. The Bertz CT molecular complexity index is 406. The first-order valence-corrected chi connectivity index (χ1v) is 6.50. The zero-order valence-corrected chi connectivity index (χ0v) is 11.8. The predicted octanol–water partition coefficient (Wildman–Crippen LogP) is 1.13. The van der Waals surface area contributed by atoms with Crippen LogP contribution >= 0.6 is 0 Å². The van der Waals surface area contributed by atoms with Gasteiger partial charge in [-0.2, -0.15) is 0 Å². The molecule has 1 atom stereocenters. The number of nitrogens with zero attached hydrogens (tertiary/aromatic N) is 1. The summed E-state index contributed by atoms with van der Waals surface area (Å²) in [6, 6.07) is 5.84. The van der Waals surface area contributed by atoms with E-state index in [2.05, 4.69) is 10.2 Å². The van der Waals surface area contributed by atoms with E-state index in [1.54, 1.807) is 14.2 Å². The lowest BCUT2D eigenvalue weighted by Crippen LogP contribution is -2.44. The second kappa shape index (κ2) is 6.63. The third-order valence-electron chi connectivity index (χ3n) is 3.28. The van der Waals surface area contributed by atoms with Crippen LogP contribution in [-0.2, 0) is 4.74 Å². The zero-order chi connectivity index (χ0) is 13.7. The Kier molecular flexibility index (Phi) is 4.87. The fourth-order valence-electron chi connectivity index (χ4n) is 2.24. The van der Waals surface area contributed by atoms with Crippen molar-refractivity contribution in [2.45, 2.75) is 6.10 Å². The van der Waals surface area contributed by atoms with E-state index in [0.717, 1.165) is 43.4 Å². The summed E-state index contributed by atoms with van der Waals surface area (Å²) < 4.78 is 16.3. The van der Waals surface area contributed by atoms with Crippen LogP contribution in [0.3, 0.4) is 0 Å². The minimum Gasteiger partial charge on any atom is -0.497 e. The molecule has 106 valence electrons. The molecular formula is C14H22N2O3. The smallest absolute Gasteiger partial charge is 0.145 e. The van der Waals surface area contributed by atoms with E-state index in [1.807, 2.05) is 25.2 Å². The van der Waals surface area contributed by atoms with Gasteiger partial charge in [-0.3, -0.25) is 0 Å². The Morgan fingerprint density at radius 1 is 1.37 bits per heavy atom. The van der Waals surface area contributed by atoms with E-state index < -0.39 is 0 Å². The Hall–Kier alpha value is -1.46. The SMILES string of the molecule is COc1ccc(N(C)CC2CNCCO2)c(OC)c1. The molecule has 0 bridgehead atoms. The van der Waals surface area contributed by atoms with Gasteiger partial charge in [-0.15, -0.1) is 0 Å². The van der Waals surface area contributed by atoms with Crippen molar-refractivity contribution < 1.29 is 14.2 Å². The molecule has 1 saturated heterocycles. The number of rotatable bonds is 5. The van der Waals surface area contributed by atoms with E-state index in [0.29, 0.717) is 0 Å². The highest BCUT2D eigenvalue weighted by Crippen LogP contribution is 2.31. The van der Waals surface area contributed by atoms with Crippen LogP contribution in [-0.4, -0.2) is 53.6 Å². The number of hydrogen-bond donors (Lipinski definition) is 1. The van der Waals surface area contributed by atoms with E-state index in [9.17, 15) is 0 Å². The highest BCUT2D eigenvalue weighted by Gasteiger charge is 2.17. The fourth-order valence-corrected chi connectivity index (χ4v) is 2.24. The average molecular weight is 266 g/mol. The molecule has 2 rings (SSSR count). The molecular weight excluding hydrogens is 244 g/mol. The van der Waals surface area contributed by atoms with E-state index in [1.165, 1.54) is 0 Å². The third-order valence-corrected chi connectivity index (χ3v) is 3.28. The van der Waals surface area contributed by atoms with Gasteiger partial charge >= 0.3 is 0 Å². The van der Waals surface area contributed by atoms with Crippen molar-refractivity contribution in [2.24, 2.45) is 0 Å². The number of nitrogens with one attached hydrogen (secondary N) is 1. The highest BCUT2D eigenvalue weighted by molar-refractivity contribution is 5.60. The number of likely N-dealkylation sites (N-methyl/N-ethyl adjacent to an activating group) is 1. The molecule has 1 N–H and O–H groups in total. The third kappa shape index (κ3) is 3.52. The van der Waals surface area contributed by atoms with Gasteiger partial charge in [-0.1, -0.05) is 0 Å². The Labute approximate surface area is 114 Å². The summed E-state index contributed by atoms with van der Waals surface area (Å²) in [5, 5.41) is 3.34. The van der Waals surface area contributed by atoms with Crippen molar-refractivity contribution >= 4 is 5.69 Å². The molecule has 19 heavy (non-hydrogen) atoms. The van der Waals surface area contributed by atoms with Gasteiger partial charge in [0.05, 0.1) is 32.6 Å². The summed E-state index contributed by atoms with van der Waals surface area (Å²) in [6.45, 7) is 3.43. The highest BCUT2D eigenvalue weighted by atomic mass is 16.5. The number of hydrogen-bond acceptors (Lipinski definition) is 5. The second-order valence-corrected chi connectivity index (χ2v) is 4.62. The van der Waals surface area contributed by atoms with Gasteiger partial charge in [0.15, 0.2) is 0 Å². The van der Waals surface area contributed by atoms with Crippen LogP contribution in [0, 0.1) is 0 Å². The fraction of sp³-hybridized carbons (Fsp3) is 0.571. The molecule has 0 spiro atoms. The lowest BCUT2D eigenvalue weighted by atomic mass is 10.2. The quantitative estimate of drug-likeness (QED) is 0.865. The zero-order valence-electron chi connectivity index (χ0n) is 11.8. The average Bonchev–Trinajstić information content (AvgIpc) is 2.47. The van der Waals surface area contributed by atoms with Crippen LogP contribution in [0.4, 0.5) is 5.69 Å². The second-order valence-electron chi connectivity index (χ2n) is 4.62. The van der Waals surface area contributed by atoms with Crippen LogP contribution in [0.2, 0.25) is 0 Å². The summed E-state index contributed by atoms with van der Waals surface area (Å²) in [5.74, 6) is 1.61. The van der Waals surface area contributed by atoms with E-state index >= 15 is 0 Å². The molecule has 1 heterocycles. The summed E-state index contributed by atoms with van der Waals surface area (Å²) >= 11 is 0. The molecule has 0 saturated carbocycles. The molecule has 0 aromatic heterocycles. The maximum Gasteiger partial charge on any atom is 0.145 e. The van der Waals surface area contributed by atoms with Gasteiger partial charge in [-0.25, -0.2) is 0 Å². The van der Waals surface area contributed by atoms with Crippen molar-refractivity contribution in [3.05, 3.63) is 18.2 Å². The topological polar surface area (TPSA) is 43.0 Å². The molecule has 1 aromatic rings. The number of benzene rings is 1. The van der Waals surface area contributed by atoms with Gasteiger partial charge in [0.25, 0.3) is 0 Å². The maximum atomic E-state index is 5.72. The molecule has 1 aliphatic heterocycles. The van der Waals surface area contributed by atoms with Gasteiger partial charge in [0.1, 0.15) is 11.5 Å². The van der Waals surface area contributed by atoms with Crippen LogP contribution in [0.15, 0.2) is 18.2 Å². The van der Waals surface area contributed by atoms with Crippen molar-refractivity contribution in [1.82, 2.24) is 5.32 Å². The Balaban J connectivity index is 2.06. The predicted molar refractivity (Wildman–Crippen MR) is 75.4 cm³/mol. The Morgan fingerprint density at radius 3 is 2.84 bits per heavy atom. The molecule has 0 radical (unpaired) electrons. The standard InChI is InChI=1S/C14H22N2O3/c1-16(10-12-9-15-6-7-19-12)13-5-4-11(17-2)8-14(13)18-3/h4-5,8,12,15H,6-7,9-10H2,1-3H3. The maximum absolute atomic E-state index is 5.72. The summed E-state index contributed by atoms with van der Waals surface area (Å²) in [5.41, 5.74) is 1.04. The van der Waals surface area contributed by atoms with Crippen molar-refractivity contribution in [3.8, 4) is 11.5 Å². The minimum atomic E-state index is 0.213. The summed E-state index contributed by atoms with van der Waals surface area (Å²) in [4.78, 5) is 2.15. The van der Waals surface area contributed by atoms with Crippen LogP contribution in [0.5, 0.6) is 11.5 Å². The summed E-state index contributed by atoms with van der Waals surface area (Å²) in [7, 11) is 5.37. The first kappa shape index (κ1) is 14.0. The molecule has 1 fully saturated rings. The van der Waals surface area contributed by atoms with Gasteiger partial charge in [0, 0.05) is 32.7 Å². The Morgan fingerprint density at radius 2 is 2.21 bits per heavy atom.